The highest BCUT2D eigenvalue weighted by Crippen LogP contribution is 2.30. The Hall–Kier alpha value is -2.21. The number of hydrogen-bond donors (Lipinski definition) is 2. The van der Waals surface area contributed by atoms with Crippen LogP contribution < -0.4 is 15.4 Å². The van der Waals surface area contributed by atoms with Crippen molar-refractivity contribution in [3.05, 3.63) is 34.9 Å². The van der Waals surface area contributed by atoms with E-state index in [0.29, 0.717) is 0 Å². The summed E-state index contributed by atoms with van der Waals surface area (Å²) in [6.07, 6.45) is 2.54. The van der Waals surface area contributed by atoms with Crippen molar-refractivity contribution in [2.24, 2.45) is 0 Å². The molecule has 0 bridgehead atoms. The lowest BCUT2D eigenvalue weighted by molar-refractivity contribution is -0.123. The third-order valence-corrected chi connectivity index (χ3v) is 3.38. The topological polar surface area (TPSA) is 67.4 Å². The van der Waals surface area contributed by atoms with Gasteiger partial charge in [-0.05, 0) is 48.5 Å². The zero-order valence-corrected chi connectivity index (χ0v) is 11.5. The molecule has 0 spiro atoms. The molecule has 0 saturated carbocycles. The van der Waals surface area contributed by atoms with Gasteiger partial charge in [-0.1, -0.05) is 6.07 Å². The predicted molar refractivity (Wildman–Crippen MR) is 77.1 cm³/mol. The van der Waals surface area contributed by atoms with E-state index in [9.17, 15) is 9.59 Å². The number of carbonyl (C=O) groups excluding carboxylic acids is 2. The van der Waals surface area contributed by atoms with Gasteiger partial charge in [0.2, 0.25) is 0 Å². The van der Waals surface area contributed by atoms with Crippen LogP contribution in [0.4, 0.5) is 0 Å². The third-order valence-electron chi connectivity index (χ3n) is 3.17. The van der Waals surface area contributed by atoms with Gasteiger partial charge in [0.15, 0.2) is 5.11 Å². The van der Waals surface area contributed by atoms with Crippen molar-refractivity contribution >= 4 is 35.2 Å². The van der Waals surface area contributed by atoms with Crippen LogP contribution in [-0.2, 0) is 16.0 Å². The highest BCUT2D eigenvalue weighted by molar-refractivity contribution is 7.80. The van der Waals surface area contributed by atoms with E-state index in [1.165, 1.54) is 0 Å². The summed E-state index contributed by atoms with van der Waals surface area (Å²) in [5, 5.41) is 4.85. The molecule has 2 amide bonds. The van der Waals surface area contributed by atoms with Gasteiger partial charge < -0.3 is 4.74 Å². The molecule has 2 aliphatic rings. The third kappa shape index (κ3) is 2.30. The fourth-order valence-corrected chi connectivity index (χ4v) is 2.49. The first-order valence-corrected chi connectivity index (χ1v) is 6.61. The number of rotatable bonds is 1. The SMILES string of the molecule is C[C@@H]1Cc2cc(C=C3C(=O)NC(=S)NC3=O)ccc2O1. The molecular weight excluding hydrogens is 276 g/mol. The molecule has 2 N–H and O–H groups in total. The summed E-state index contributed by atoms with van der Waals surface area (Å²) in [7, 11) is 0. The van der Waals surface area contributed by atoms with E-state index in [1.807, 2.05) is 25.1 Å². The minimum atomic E-state index is -0.483. The van der Waals surface area contributed by atoms with Crippen LogP contribution >= 0.6 is 12.2 Å². The molecule has 3 rings (SSSR count). The Morgan fingerprint density at radius 1 is 1.30 bits per heavy atom. The van der Waals surface area contributed by atoms with Gasteiger partial charge in [-0.2, -0.15) is 0 Å². The normalized spacial score (nSPS) is 20.9. The van der Waals surface area contributed by atoms with Crippen LogP contribution in [0.25, 0.3) is 6.08 Å². The van der Waals surface area contributed by atoms with E-state index in [1.54, 1.807) is 6.08 Å². The molecule has 102 valence electrons. The van der Waals surface area contributed by atoms with E-state index in [2.05, 4.69) is 10.6 Å². The summed E-state index contributed by atoms with van der Waals surface area (Å²) < 4.78 is 5.61. The number of benzene rings is 1. The van der Waals surface area contributed by atoms with Crippen molar-refractivity contribution in [3.63, 3.8) is 0 Å². The Morgan fingerprint density at radius 3 is 2.70 bits per heavy atom. The number of fused-ring (bicyclic) bond motifs is 1. The van der Waals surface area contributed by atoms with E-state index in [4.69, 9.17) is 17.0 Å². The molecule has 2 aliphatic heterocycles. The largest absolute Gasteiger partial charge is 0.490 e. The van der Waals surface area contributed by atoms with E-state index in [-0.39, 0.29) is 16.8 Å². The Kier molecular flexibility index (Phi) is 3.02. The van der Waals surface area contributed by atoms with Gasteiger partial charge in [0.05, 0.1) is 0 Å². The lowest BCUT2D eigenvalue weighted by Gasteiger charge is -2.16. The average Bonchev–Trinajstić information content (AvgIpc) is 2.73. The molecule has 0 aromatic heterocycles. The van der Waals surface area contributed by atoms with Crippen molar-refractivity contribution in [1.82, 2.24) is 10.6 Å². The zero-order chi connectivity index (χ0) is 14.3. The number of ether oxygens (including phenoxy) is 1. The van der Waals surface area contributed by atoms with Crippen molar-refractivity contribution in [2.45, 2.75) is 19.4 Å². The van der Waals surface area contributed by atoms with Gasteiger partial charge in [0, 0.05) is 6.42 Å². The molecule has 1 aromatic rings. The Bertz CT molecular complexity index is 644. The maximum absolute atomic E-state index is 11.8. The van der Waals surface area contributed by atoms with Crippen molar-refractivity contribution in [1.29, 1.82) is 0 Å². The van der Waals surface area contributed by atoms with Crippen LogP contribution in [0.5, 0.6) is 5.75 Å². The summed E-state index contributed by atoms with van der Waals surface area (Å²) in [4.78, 5) is 23.5. The first-order chi connectivity index (χ1) is 9.52. The molecule has 1 saturated heterocycles. The Labute approximate surface area is 121 Å². The summed E-state index contributed by atoms with van der Waals surface area (Å²) in [6.45, 7) is 2.00. The van der Waals surface area contributed by atoms with E-state index in [0.717, 1.165) is 23.3 Å². The lowest BCUT2D eigenvalue weighted by atomic mass is 10.0. The fraction of sp³-hybridized carbons (Fsp3) is 0.214. The molecule has 6 heteroatoms. The minimum Gasteiger partial charge on any atom is -0.490 e. The minimum absolute atomic E-state index is 0.0355. The molecule has 0 unspecified atom stereocenters. The molecule has 1 fully saturated rings. The van der Waals surface area contributed by atoms with Gasteiger partial charge in [0.1, 0.15) is 17.4 Å². The number of carbonyl (C=O) groups is 2. The molecule has 0 aliphatic carbocycles. The molecular formula is C14H12N2O3S. The van der Waals surface area contributed by atoms with Crippen LogP contribution in [0.1, 0.15) is 18.1 Å². The first kappa shape index (κ1) is 12.8. The fourth-order valence-electron chi connectivity index (χ4n) is 2.30. The van der Waals surface area contributed by atoms with Crippen LogP contribution in [0.15, 0.2) is 23.8 Å². The second-order valence-corrected chi connectivity index (χ2v) is 5.20. The highest BCUT2D eigenvalue weighted by Gasteiger charge is 2.26. The quantitative estimate of drug-likeness (QED) is 0.458. The lowest BCUT2D eigenvalue weighted by Crippen LogP contribution is -2.51. The van der Waals surface area contributed by atoms with Crippen LogP contribution in [0, 0.1) is 0 Å². The van der Waals surface area contributed by atoms with E-state index < -0.39 is 11.8 Å². The first-order valence-electron chi connectivity index (χ1n) is 6.21. The molecule has 0 radical (unpaired) electrons. The molecule has 2 heterocycles. The predicted octanol–water partition coefficient (Wildman–Crippen LogP) is 0.924. The molecule has 5 nitrogen and oxygen atoms in total. The highest BCUT2D eigenvalue weighted by atomic mass is 32.1. The summed E-state index contributed by atoms with van der Waals surface area (Å²) >= 11 is 4.75. The van der Waals surface area contributed by atoms with Gasteiger partial charge >= 0.3 is 0 Å². The summed E-state index contributed by atoms with van der Waals surface area (Å²) in [5.41, 5.74) is 1.92. The Balaban J connectivity index is 1.93. The smallest absolute Gasteiger partial charge is 0.263 e. The zero-order valence-electron chi connectivity index (χ0n) is 10.7. The van der Waals surface area contributed by atoms with Crippen molar-refractivity contribution in [3.8, 4) is 5.75 Å². The second kappa shape index (κ2) is 4.72. The van der Waals surface area contributed by atoms with E-state index >= 15 is 0 Å². The number of nitrogens with one attached hydrogen (secondary N) is 2. The standard InChI is InChI=1S/C14H12N2O3S/c1-7-4-9-5-8(2-3-11(9)19-7)6-10-12(17)15-14(20)16-13(10)18/h2-3,5-7H,4H2,1H3,(H2,15,16,17,18,20)/t7-/m1/s1. The van der Waals surface area contributed by atoms with Crippen molar-refractivity contribution in [2.75, 3.05) is 0 Å². The van der Waals surface area contributed by atoms with Gasteiger partial charge in [-0.25, -0.2) is 0 Å². The monoisotopic (exact) mass is 288 g/mol. The van der Waals surface area contributed by atoms with Gasteiger partial charge in [-0.15, -0.1) is 0 Å². The van der Waals surface area contributed by atoms with Crippen LogP contribution in [0.2, 0.25) is 0 Å². The van der Waals surface area contributed by atoms with Gasteiger partial charge in [0.25, 0.3) is 11.8 Å². The molecule has 1 atom stereocenters. The van der Waals surface area contributed by atoms with Crippen LogP contribution in [0.3, 0.4) is 0 Å². The maximum atomic E-state index is 11.8. The van der Waals surface area contributed by atoms with Crippen molar-refractivity contribution < 1.29 is 14.3 Å². The average molecular weight is 288 g/mol. The van der Waals surface area contributed by atoms with Crippen LogP contribution in [-0.4, -0.2) is 23.0 Å². The number of amides is 2. The maximum Gasteiger partial charge on any atom is 0.263 e. The Morgan fingerprint density at radius 2 is 2.00 bits per heavy atom. The summed E-state index contributed by atoms with van der Waals surface area (Å²) in [5.74, 6) is -0.105. The number of thiocarbonyl (C=S) groups is 1. The van der Waals surface area contributed by atoms with Gasteiger partial charge in [-0.3, -0.25) is 20.2 Å². The second-order valence-electron chi connectivity index (χ2n) is 4.80. The summed E-state index contributed by atoms with van der Waals surface area (Å²) in [6, 6.07) is 5.60. The number of hydrogen-bond acceptors (Lipinski definition) is 4. The molecule has 20 heavy (non-hydrogen) atoms. The molecule has 1 aromatic carbocycles.